The average molecular weight is 706 g/mol. The van der Waals surface area contributed by atoms with Crippen molar-refractivity contribution in [1.82, 2.24) is 0 Å². The summed E-state index contributed by atoms with van der Waals surface area (Å²) in [6.07, 6.45) is 1.15. The minimum Gasteiger partial charge on any atom is -0.376 e. The van der Waals surface area contributed by atoms with E-state index in [4.69, 9.17) is 0 Å². The highest BCUT2D eigenvalue weighted by Gasteiger charge is 2.51. The molecule has 8 aromatic carbocycles. The molecule has 0 amide bonds. The number of nitrogens with zero attached hydrogens (tertiary/aromatic N) is 1. The molecule has 0 radical (unpaired) electrons. The Morgan fingerprint density at radius 1 is 0.611 bits per heavy atom. The van der Waals surface area contributed by atoms with Crippen molar-refractivity contribution in [2.24, 2.45) is 0 Å². The predicted octanol–water partition coefficient (Wildman–Crippen LogP) is 11.7. The quantitative estimate of drug-likeness (QED) is 0.156. The van der Waals surface area contributed by atoms with Gasteiger partial charge in [0, 0.05) is 44.3 Å². The van der Waals surface area contributed by atoms with Crippen molar-refractivity contribution in [3.8, 4) is 22.3 Å². The highest BCUT2D eigenvalue weighted by Crippen LogP contribution is 2.59. The van der Waals surface area contributed by atoms with Crippen LogP contribution in [0.5, 0.6) is 0 Å². The second-order valence-corrected chi connectivity index (χ2v) is 18.0. The van der Waals surface area contributed by atoms with Gasteiger partial charge in [0.25, 0.3) is 0 Å². The van der Waals surface area contributed by atoms with Crippen LogP contribution in [0.25, 0.3) is 43.8 Å². The SMILES string of the molecule is CC1(C)c2ccccc2-c2ccc(N3B4c5cccc6c5C(CC5Sc7ccccc7C65)c5cc6ccccc6c(c54)-c4cc5ccccc5cc43)cc21. The van der Waals surface area contributed by atoms with Gasteiger partial charge < -0.3 is 4.81 Å². The molecule has 3 aliphatic heterocycles. The number of anilines is 2. The maximum Gasteiger partial charge on any atom is 0.329 e. The molecule has 3 heteroatoms. The van der Waals surface area contributed by atoms with Gasteiger partial charge in [0.2, 0.25) is 0 Å². The monoisotopic (exact) mass is 705 g/mol. The van der Waals surface area contributed by atoms with E-state index in [9.17, 15) is 0 Å². The van der Waals surface area contributed by atoms with Crippen molar-refractivity contribution in [3.63, 3.8) is 0 Å². The van der Waals surface area contributed by atoms with E-state index >= 15 is 0 Å². The van der Waals surface area contributed by atoms with E-state index in [1.54, 1.807) is 11.1 Å². The molecular weight excluding hydrogens is 669 g/mol. The second kappa shape index (κ2) is 10.4. The van der Waals surface area contributed by atoms with Gasteiger partial charge in [-0.05, 0) is 119 Å². The molecule has 13 rings (SSSR count). The Kier molecular flexibility index (Phi) is 5.74. The fourth-order valence-corrected chi connectivity index (χ4v) is 13.1. The first-order valence-corrected chi connectivity index (χ1v) is 20.4. The van der Waals surface area contributed by atoms with Crippen molar-refractivity contribution in [1.29, 1.82) is 0 Å². The van der Waals surface area contributed by atoms with Crippen LogP contribution >= 0.6 is 11.8 Å². The van der Waals surface area contributed by atoms with E-state index in [0.717, 1.165) is 6.42 Å². The van der Waals surface area contributed by atoms with E-state index in [0.29, 0.717) is 17.1 Å². The van der Waals surface area contributed by atoms with Gasteiger partial charge in [-0.15, -0.1) is 11.8 Å². The van der Waals surface area contributed by atoms with E-state index in [-0.39, 0.29) is 12.3 Å². The number of fused-ring (bicyclic) bond motifs is 14. The van der Waals surface area contributed by atoms with Crippen LogP contribution in [0.3, 0.4) is 0 Å². The number of hydrogen-bond donors (Lipinski definition) is 0. The molecule has 254 valence electrons. The molecule has 8 aromatic rings. The van der Waals surface area contributed by atoms with Gasteiger partial charge in [0.1, 0.15) is 0 Å². The van der Waals surface area contributed by atoms with Gasteiger partial charge in [-0.25, -0.2) is 0 Å². The third-order valence-corrected chi connectivity index (χ3v) is 15.2. The zero-order chi connectivity index (χ0) is 35.4. The molecule has 3 unspecified atom stereocenters. The molecule has 0 saturated carbocycles. The topological polar surface area (TPSA) is 3.24 Å². The summed E-state index contributed by atoms with van der Waals surface area (Å²) in [4.78, 5) is 4.21. The zero-order valence-corrected chi connectivity index (χ0v) is 31.1. The van der Waals surface area contributed by atoms with Crippen LogP contribution in [-0.4, -0.2) is 12.1 Å². The summed E-state index contributed by atoms with van der Waals surface area (Å²) in [7, 11) is 0. The van der Waals surface area contributed by atoms with Gasteiger partial charge in [-0.3, -0.25) is 0 Å². The highest BCUT2D eigenvalue weighted by atomic mass is 32.2. The van der Waals surface area contributed by atoms with Crippen LogP contribution in [0.1, 0.15) is 65.5 Å². The molecule has 0 saturated heterocycles. The highest BCUT2D eigenvalue weighted by molar-refractivity contribution is 8.00. The predicted molar refractivity (Wildman–Crippen MR) is 229 cm³/mol. The summed E-state index contributed by atoms with van der Waals surface area (Å²) >= 11 is 2.12. The number of benzene rings is 8. The van der Waals surface area contributed by atoms with Crippen molar-refractivity contribution in [3.05, 3.63) is 185 Å². The Morgan fingerprint density at radius 2 is 1.35 bits per heavy atom. The lowest BCUT2D eigenvalue weighted by molar-refractivity contribution is 0.590. The molecule has 0 aromatic heterocycles. The fourth-order valence-electron chi connectivity index (χ4n) is 11.6. The Bertz CT molecular complexity index is 2980. The summed E-state index contributed by atoms with van der Waals surface area (Å²) in [5, 5.41) is 5.82. The zero-order valence-electron chi connectivity index (χ0n) is 30.3. The van der Waals surface area contributed by atoms with Crippen LogP contribution in [0.4, 0.5) is 11.4 Å². The minimum atomic E-state index is -0.0880. The lowest BCUT2D eigenvalue weighted by Gasteiger charge is -2.48. The first-order valence-electron chi connectivity index (χ1n) is 19.6. The summed E-state index contributed by atoms with van der Waals surface area (Å²) in [6.45, 7) is 4.86. The molecule has 54 heavy (non-hydrogen) atoms. The van der Waals surface area contributed by atoms with Gasteiger partial charge in [0.15, 0.2) is 0 Å². The van der Waals surface area contributed by atoms with Crippen molar-refractivity contribution < 1.29 is 0 Å². The Balaban J connectivity index is 1.15. The minimum absolute atomic E-state index is 0.0465. The lowest BCUT2D eigenvalue weighted by atomic mass is 9.38. The van der Waals surface area contributed by atoms with Gasteiger partial charge in [-0.2, -0.15) is 0 Å². The molecule has 2 aliphatic carbocycles. The third kappa shape index (κ3) is 3.69. The first kappa shape index (κ1) is 29.9. The largest absolute Gasteiger partial charge is 0.376 e. The Morgan fingerprint density at radius 3 is 2.26 bits per heavy atom. The smallest absolute Gasteiger partial charge is 0.329 e. The summed E-state index contributed by atoms with van der Waals surface area (Å²) in [5.74, 6) is 0.776. The summed E-state index contributed by atoms with van der Waals surface area (Å²) < 4.78 is 0. The van der Waals surface area contributed by atoms with E-state index in [2.05, 4.69) is 182 Å². The average Bonchev–Trinajstić information content (AvgIpc) is 3.70. The van der Waals surface area contributed by atoms with Gasteiger partial charge in [0.05, 0.1) is 0 Å². The van der Waals surface area contributed by atoms with Crippen LogP contribution in [0.2, 0.25) is 0 Å². The molecule has 0 N–H and O–H groups in total. The Labute approximate surface area is 320 Å². The molecule has 3 atom stereocenters. The lowest BCUT2D eigenvalue weighted by Crippen LogP contribution is -2.63. The third-order valence-electron chi connectivity index (χ3n) is 13.8. The maximum absolute atomic E-state index is 2.75. The summed E-state index contributed by atoms with van der Waals surface area (Å²) in [6, 6.07) is 58.7. The first-order chi connectivity index (χ1) is 26.5. The van der Waals surface area contributed by atoms with Crippen LogP contribution in [0, 0.1) is 0 Å². The fraction of sp³-hybridized carbons (Fsp3) is 0.137. The van der Waals surface area contributed by atoms with Gasteiger partial charge >= 0.3 is 6.85 Å². The number of rotatable bonds is 1. The molecule has 3 heterocycles. The molecule has 0 fully saturated rings. The normalized spacial score (nSPS) is 20.1. The van der Waals surface area contributed by atoms with Crippen molar-refractivity contribution in [2.45, 2.75) is 47.7 Å². The van der Waals surface area contributed by atoms with E-state index < -0.39 is 0 Å². The maximum atomic E-state index is 2.75. The number of hydrogen-bond acceptors (Lipinski definition) is 2. The van der Waals surface area contributed by atoms with Crippen LogP contribution < -0.4 is 15.7 Å². The molecule has 5 aliphatic rings. The Hall–Kier alpha value is -5.51. The van der Waals surface area contributed by atoms with Crippen LogP contribution in [-0.2, 0) is 5.41 Å². The summed E-state index contributed by atoms with van der Waals surface area (Å²) in [5.41, 5.74) is 20.0. The van der Waals surface area contributed by atoms with E-state index in [1.165, 1.54) is 93.2 Å². The van der Waals surface area contributed by atoms with Gasteiger partial charge in [-0.1, -0.05) is 135 Å². The van der Waals surface area contributed by atoms with E-state index in [1.807, 2.05) is 0 Å². The molecular formula is C51H36BNS. The van der Waals surface area contributed by atoms with Crippen molar-refractivity contribution in [2.75, 3.05) is 4.81 Å². The molecule has 1 nitrogen and oxygen atoms in total. The van der Waals surface area contributed by atoms with Crippen LogP contribution in [0.15, 0.2) is 157 Å². The molecule has 0 bridgehead atoms. The second-order valence-electron chi connectivity index (χ2n) is 16.7. The number of thioether (sulfide) groups is 1. The standard InChI is InChI=1S/C51H36BNS/c1-51(2)41-19-9-7-16-34(41)35-23-22-32(27-42(35)51)53-44-26-30-13-4-3-12-29(30)24-40(44)49-33-15-6-5-14-31(33)25-39-38-28-46-48(36-17-8-10-21-45(36)54-46)37-18-11-20-43(47(37)38)52(53)50(39)49/h3-27,38,46,48H,28H2,1-2H3. The molecule has 0 spiro atoms. The van der Waals surface area contributed by atoms with Crippen molar-refractivity contribution >= 4 is 62.5 Å².